The van der Waals surface area contributed by atoms with E-state index in [4.69, 9.17) is 9.47 Å². The summed E-state index contributed by atoms with van der Waals surface area (Å²) in [6, 6.07) is 21.6. The average Bonchev–Trinajstić information content (AvgIpc) is 2.75. The zero-order chi connectivity index (χ0) is 20.2. The molecule has 0 saturated carbocycles. The molecule has 0 aliphatic carbocycles. The first kappa shape index (κ1) is 19.0. The van der Waals surface area contributed by atoms with Crippen LogP contribution in [0.2, 0.25) is 0 Å². The predicted octanol–water partition coefficient (Wildman–Crippen LogP) is 4.19. The summed E-state index contributed by atoms with van der Waals surface area (Å²) in [5, 5.41) is 13.8. The smallest absolute Gasteiger partial charge is 0.285 e. The van der Waals surface area contributed by atoms with Gasteiger partial charge in [-0.15, -0.1) is 0 Å². The number of rotatable bonds is 4. The Bertz CT molecular complexity index is 1060. The number of aromatic hydroxyl groups is 1. The Labute approximate surface area is 175 Å². The van der Waals surface area contributed by atoms with Gasteiger partial charge in [0, 0.05) is 10.0 Å². The number of amides is 1. The van der Waals surface area contributed by atoms with E-state index in [2.05, 4.69) is 26.5 Å². The summed E-state index contributed by atoms with van der Waals surface area (Å²) in [4.78, 5) is 12.8. The number of halogens is 1. The fourth-order valence-corrected chi connectivity index (χ4v) is 3.36. The van der Waals surface area contributed by atoms with Gasteiger partial charge >= 0.3 is 0 Å². The number of carbonyl (C=O) groups is 1. The number of carbonyl (C=O) groups excluding carboxylic acids is 1. The maximum Gasteiger partial charge on any atom is 0.285 e. The second-order valence-electron chi connectivity index (χ2n) is 6.37. The standard InChI is InChI=1S/C22H17BrN2O4/c23-16-10-11-17(26)15(12-16)13-24-25-22(27)21-20(14-6-2-1-3-7-14)28-18-8-4-5-9-19(18)29-21/h1-13,20-21,26H,(H,25,27). The quantitative estimate of drug-likeness (QED) is 0.459. The molecule has 1 amide bonds. The number of nitrogens with zero attached hydrogens (tertiary/aromatic N) is 1. The molecule has 0 aromatic heterocycles. The van der Waals surface area contributed by atoms with Crippen LogP contribution in [0.5, 0.6) is 17.2 Å². The lowest BCUT2D eigenvalue weighted by atomic mass is 10.0. The van der Waals surface area contributed by atoms with Crippen molar-refractivity contribution in [2.75, 3.05) is 0 Å². The number of nitrogens with one attached hydrogen (secondary N) is 1. The molecule has 1 aliphatic rings. The summed E-state index contributed by atoms with van der Waals surface area (Å²) in [6.07, 6.45) is -0.186. The van der Waals surface area contributed by atoms with Crippen molar-refractivity contribution in [1.82, 2.24) is 5.43 Å². The van der Waals surface area contributed by atoms with Crippen LogP contribution in [0.1, 0.15) is 17.2 Å². The third-order valence-electron chi connectivity index (χ3n) is 4.39. The van der Waals surface area contributed by atoms with Crippen LogP contribution in [0.4, 0.5) is 0 Å². The summed E-state index contributed by atoms with van der Waals surface area (Å²) >= 11 is 3.33. The molecule has 0 saturated heterocycles. The molecule has 3 aromatic carbocycles. The minimum Gasteiger partial charge on any atom is -0.507 e. The molecule has 0 fully saturated rings. The summed E-state index contributed by atoms with van der Waals surface area (Å²) in [5.74, 6) is 0.667. The van der Waals surface area contributed by atoms with E-state index in [1.54, 1.807) is 24.3 Å². The van der Waals surface area contributed by atoms with E-state index in [9.17, 15) is 9.90 Å². The Kier molecular flexibility index (Phi) is 5.48. The van der Waals surface area contributed by atoms with Crippen LogP contribution in [0, 0.1) is 0 Å². The van der Waals surface area contributed by atoms with E-state index in [1.165, 1.54) is 12.3 Å². The van der Waals surface area contributed by atoms with Crippen molar-refractivity contribution in [3.63, 3.8) is 0 Å². The van der Waals surface area contributed by atoms with Gasteiger partial charge in [-0.25, -0.2) is 5.43 Å². The monoisotopic (exact) mass is 452 g/mol. The van der Waals surface area contributed by atoms with Crippen molar-refractivity contribution in [3.8, 4) is 17.2 Å². The molecule has 146 valence electrons. The molecular formula is C22H17BrN2O4. The van der Waals surface area contributed by atoms with E-state index in [-0.39, 0.29) is 5.75 Å². The third kappa shape index (κ3) is 4.25. The SMILES string of the molecule is O=C(NN=Cc1cc(Br)ccc1O)C1Oc2ccccc2OC1c1ccccc1. The lowest BCUT2D eigenvalue weighted by Crippen LogP contribution is -2.44. The number of para-hydroxylation sites is 2. The van der Waals surface area contributed by atoms with Crippen molar-refractivity contribution in [3.05, 3.63) is 88.4 Å². The van der Waals surface area contributed by atoms with Crippen LogP contribution >= 0.6 is 15.9 Å². The second-order valence-corrected chi connectivity index (χ2v) is 7.29. The molecule has 3 aromatic rings. The average molecular weight is 453 g/mol. The van der Waals surface area contributed by atoms with Crippen molar-refractivity contribution < 1.29 is 19.4 Å². The zero-order valence-corrected chi connectivity index (χ0v) is 16.7. The Morgan fingerprint density at radius 2 is 1.69 bits per heavy atom. The lowest BCUT2D eigenvalue weighted by Gasteiger charge is -2.32. The van der Waals surface area contributed by atoms with E-state index in [1.807, 2.05) is 42.5 Å². The van der Waals surface area contributed by atoms with Gasteiger partial charge in [0.2, 0.25) is 6.10 Å². The summed E-state index contributed by atoms with van der Waals surface area (Å²) < 4.78 is 12.8. The molecule has 2 unspecified atom stereocenters. The molecule has 0 bridgehead atoms. The number of phenols is 1. The van der Waals surface area contributed by atoms with E-state index < -0.39 is 18.1 Å². The van der Waals surface area contributed by atoms with Gasteiger partial charge in [0.05, 0.1) is 6.21 Å². The molecule has 1 heterocycles. The topological polar surface area (TPSA) is 80.2 Å². The Morgan fingerprint density at radius 3 is 2.45 bits per heavy atom. The van der Waals surface area contributed by atoms with Gasteiger partial charge in [-0.2, -0.15) is 5.10 Å². The lowest BCUT2D eigenvalue weighted by molar-refractivity contribution is -0.134. The highest BCUT2D eigenvalue weighted by molar-refractivity contribution is 9.10. The Balaban J connectivity index is 1.56. The molecule has 1 aliphatic heterocycles. The first-order chi connectivity index (χ1) is 14.1. The van der Waals surface area contributed by atoms with Crippen LogP contribution in [-0.4, -0.2) is 23.3 Å². The highest BCUT2D eigenvalue weighted by Crippen LogP contribution is 2.39. The fraction of sp³-hybridized carbons (Fsp3) is 0.0909. The van der Waals surface area contributed by atoms with Gasteiger partial charge in [0.15, 0.2) is 17.6 Å². The van der Waals surface area contributed by atoms with Gasteiger partial charge in [-0.05, 0) is 35.9 Å². The normalized spacial score (nSPS) is 17.8. The van der Waals surface area contributed by atoms with Gasteiger partial charge in [0.25, 0.3) is 5.91 Å². The van der Waals surface area contributed by atoms with Gasteiger partial charge in [-0.3, -0.25) is 4.79 Å². The molecule has 7 heteroatoms. The van der Waals surface area contributed by atoms with Gasteiger partial charge < -0.3 is 14.6 Å². The van der Waals surface area contributed by atoms with Crippen LogP contribution in [-0.2, 0) is 4.79 Å². The minimum atomic E-state index is -0.930. The number of hydrazone groups is 1. The molecule has 2 N–H and O–H groups in total. The maximum atomic E-state index is 12.8. The van der Waals surface area contributed by atoms with Crippen LogP contribution in [0.15, 0.2) is 82.4 Å². The van der Waals surface area contributed by atoms with Crippen molar-refractivity contribution >= 4 is 28.1 Å². The minimum absolute atomic E-state index is 0.0551. The highest BCUT2D eigenvalue weighted by atomic mass is 79.9. The van der Waals surface area contributed by atoms with E-state index in [0.29, 0.717) is 17.1 Å². The first-order valence-corrected chi connectivity index (χ1v) is 9.70. The maximum absolute atomic E-state index is 12.8. The molecule has 4 rings (SSSR count). The van der Waals surface area contributed by atoms with Crippen LogP contribution in [0.3, 0.4) is 0 Å². The van der Waals surface area contributed by atoms with Crippen molar-refractivity contribution in [2.24, 2.45) is 5.10 Å². The van der Waals surface area contributed by atoms with Gasteiger partial charge in [0.1, 0.15) is 5.75 Å². The number of phenolic OH excluding ortho intramolecular Hbond substituents is 1. The van der Waals surface area contributed by atoms with Crippen molar-refractivity contribution in [2.45, 2.75) is 12.2 Å². The molecule has 2 atom stereocenters. The Hall–Kier alpha value is -3.32. The highest BCUT2D eigenvalue weighted by Gasteiger charge is 2.38. The zero-order valence-electron chi connectivity index (χ0n) is 15.2. The van der Waals surface area contributed by atoms with E-state index >= 15 is 0 Å². The first-order valence-electron chi connectivity index (χ1n) is 8.90. The summed E-state index contributed by atoms with van der Waals surface area (Å²) in [6.45, 7) is 0. The Morgan fingerprint density at radius 1 is 1.00 bits per heavy atom. The molecule has 6 nitrogen and oxygen atoms in total. The fourth-order valence-electron chi connectivity index (χ4n) is 2.98. The number of benzene rings is 3. The number of ether oxygens (including phenoxy) is 2. The molecular weight excluding hydrogens is 436 g/mol. The van der Waals surface area contributed by atoms with Crippen LogP contribution in [0.25, 0.3) is 0 Å². The summed E-state index contributed by atoms with van der Waals surface area (Å²) in [7, 11) is 0. The molecule has 0 radical (unpaired) electrons. The van der Waals surface area contributed by atoms with Crippen molar-refractivity contribution in [1.29, 1.82) is 0 Å². The van der Waals surface area contributed by atoms with Crippen LogP contribution < -0.4 is 14.9 Å². The number of hydrogen-bond donors (Lipinski definition) is 2. The predicted molar refractivity (Wildman–Crippen MR) is 112 cm³/mol. The number of hydrogen-bond acceptors (Lipinski definition) is 5. The molecule has 0 spiro atoms. The molecule has 29 heavy (non-hydrogen) atoms. The summed E-state index contributed by atoms with van der Waals surface area (Å²) in [5.41, 5.74) is 3.76. The second kappa shape index (κ2) is 8.36. The van der Waals surface area contributed by atoms with E-state index in [0.717, 1.165) is 10.0 Å². The third-order valence-corrected chi connectivity index (χ3v) is 4.88. The number of fused-ring (bicyclic) bond motifs is 1. The van der Waals surface area contributed by atoms with Gasteiger partial charge in [-0.1, -0.05) is 58.4 Å². The largest absolute Gasteiger partial charge is 0.507 e.